The lowest BCUT2D eigenvalue weighted by atomic mass is 9.99. The molecular formula is C23H25BrN2O4S2. The van der Waals surface area contributed by atoms with Crippen LogP contribution in [0.1, 0.15) is 28.6 Å². The molecule has 0 aliphatic carbocycles. The molecule has 1 fully saturated rings. The quantitative estimate of drug-likeness (QED) is 0.418. The van der Waals surface area contributed by atoms with Crippen LogP contribution in [-0.4, -0.2) is 45.0 Å². The fraction of sp³-hybridized carbons (Fsp3) is 0.348. The second kappa shape index (κ2) is 9.51. The molecule has 0 atom stereocenters. The SMILES string of the molecule is COc1ccc(OC)c(S(=O)(=O)N2CCC(c3nc(-c4ccc(Br)cc4)c(C)s3)CC2)c1. The van der Waals surface area contributed by atoms with Gasteiger partial charge in [0.2, 0.25) is 10.0 Å². The Balaban J connectivity index is 1.51. The highest BCUT2D eigenvalue weighted by Crippen LogP contribution is 2.38. The minimum absolute atomic E-state index is 0.139. The zero-order chi connectivity index (χ0) is 22.9. The number of sulfonamides is 1. The Morgan fingerprint density at radius 3 is 2.38 bits per heavy atom. The van der Waals surface area contributed by atoms with E-state index in [1.54, 1.807) is 23.5 Å². The lowest BCUT2D eigenvalue weighted by Crippen LogP contribution is -2.38. The zero-order valence-corrected chi connectivity index (χ0v) is 21.4. The van der Waals surface area contributed by atoms with Crippen LogP contribution in [0.25, 0.3) is 11.3 Å². The number of nitrogens with zero attached hydrogens (tertiary/aromatic N) is 2. The number of aromatic nitrogens is 1. The van der Waals surface area contributed by atoms with Crippen LogP contribution in [0.15, 0.2) is 51.8 Å². The number of thiazole rings is 1. The topological polar surface area (TPSA) is 68.7 Å². The minimum Gasteiger partial charge on any atom is -0.497 e. The summed E-state index contributed by atoms with van der Waals surface area (Å²) in [5.74, 6) is 1.06. The number of hydrogen-bond donors (Lipinski definition) is 0. The number of halogens is 1. The van der Waals surface area contributed by atoms with E-state index >= 15 is 0 Å². The molecule has 4 rings (SSSR count). The van der Waals surface area contributed by atoms with Gasteiger partial charge in [0.15, 0.2) is 0 Å². The minimum atomic E-state index is -3.69. The highest BCUT2D eigenvalue weighted by atomic mass is 79.9. The Morgan fingerprint density at radius 1 is 1.06 bits per heavy atom. The van der Waals surface area contributed by atoms with Crippen molar-refractivity contribution in [3.05, 3.63) is 56.8 Å². The summed E-state index contributed by atoms with van der Waals surface area (Å²) in [6.45, 7) is 2.98. The molecule has 170 valence electrons. The standard InChI is InChI=1S/C23H25BrN2O4S2/c1-15-22(16-4-6-18(24)7-5-16)25-23(31-15)17-10-12-26(13-11-17)32(27,28)21-14-19(29-2)8-9-20(21)30-3/h4-9,14,17H,10-13H2,1-3H3. The molecule has 0 radical (unpaired) electrons. The van der Waals surface area contributed by atoms with E-state index < -0.39 is 10.0 Å². The van der Waals surface area contributed by atoms with Gasteiger partial charge in [-0.25, -0.2) is 13.4 Å². The van der Waals surface area contributed by atoms with E-state index in [1.165, 1.54) is 29.5 Å². The molecule has 2 aromatic carbocycles. The van der Waals surface area contributed by atoms with Crippen LogP contribution in [0, 0.1) is 6.92 Å². The molecule has 9 heteroatoms. The highest BCUT2D eigenvalue weighted by Gasteiger charge is 2.33. The average molecular weight is 538 g/mol. The van der Waals surface area contributed by atoms with Crippen molar-refractivity contribution < 1.29 is 17.9 Å². The van der Waals surface area contributed by atoms with E-state index in [9.17, 15) is 8.42 Å². The van der Waals surface area contributed by atoms with Crippen LogP contribution in [0.3, 0.4) is 0 Å². The molecule has 0 unspecified atom stereocenters. The van der Waals surface area contributed by atoms with E-state index in [0.29, 0.717) is 24.6 Å². The number of hydrogen-bond acceptors (Lipinski definition) is 6. The molecule has 2 heterocycles. The number of methoxy groups -OCH3 is 2. The number of benzene rings is 2. The molecule has 1 aliphatic heterocycles. The summed E-state index contributed by atoms with van der Waals surface area (Å²) >= 11 is 5.18. The van der Waals surface area contributed by atoms with Gasteiger partial charge in [-0.2, -0.15) is 4.31 Å². The third kappa shape index (κ3) is 4.57. The maximum Gasteiger partial charge on any atom is 0.246 e. The molecule has 6 nitrogen and oxygen atoms in total. The van der Waals surface area contributed by atoms with E-state index in [0.717, 1.165) is 33.6 Å². The first-order chi connectivity index (χ1) is 15.3. The molecule has 1 aromatic heterocycles. The van der Waals surface area contributed by atoms with Crippen molar-refractivity contribution in [2.45, 2.75) is 30.6 Å². The fourth-order valence-electron chi connectivity index (χ4n) is 3.93. The molecule has 32 heavy (non-hydrogen) atoms. The van der Waals surface area contributed by atoms with E-state index in [4.69, 9.17) is 14.5 Å². The van der Waals surface area contributed by atoms with Gasteiger partial charge in [-0.1, -0.05) is 28.1 Å². The van der Waals surface area contributed by atoms with Crippen LogP contribution in [0.5, 0.6) is 11.5 Å². The Hall–Kier alpha value is -1.94. The summed E-state index contributed by atoms with van der Waals surface area (Å²) in [7, 11) is -0.697. The Morgan fingerprint density at radius 2 is 1.75 bits per heavy atom. The Labute approximate surface area is 201 Å². The first-order valence-electron chi connectivity index (χ1n) is 10.3. The number of rotatable bonds is 6. The maximum atomic E-state index is 13.3. The van der Waals surface area contributed by atoms with Gasteiger partial charge >= 0.3 is 0 Å². The van der Waals surface area contributed by atoms with Crippen molar-refractivity contribution in [3.63, 3.8) is 0 Å². The van der Waals surface area contributed by atoms with Crippen molar-refractivity contribution >= 4 is 37.3 Å². The van der Waals surface area contributed by atoms with Gasteiger partial charge in [-0.15, -0.1) is 11.3 Å². The van der Waals surface area contributed by atoms with Gasteiger partial charge in [0.1, 0.15) is 16.4 Å². The van der Waals surface area contributed by atoms with Gasteiger partial charge < -0.3 is 9.47 Å². The second-order valence-electron chi connectivity index (χ2n) is 7.66. The van der Waals surface area contributed by atoms with Crippen LogP contribution in [0.4, 0.5) is 0 Å². The smallest absolute Gasteiger partial charge is 0.246 e. The zero-order valence-electron chi connectivity index (χ0n) is 18.2. The molecule has 0 amide bonds. The number of aryl methyl sites for hydroxylation is 1. The van der Waals surface area contributed by atoms with Crippen molar-refractivity contribution in [2.24, 2.45) is 0 Å². The summed E-state index contributed by atoms with van der Waals surface area (Å²) in [4.78, 5) is 6.25. The molecule has 0 N–H and O–H groups in total. The molecule has 1 saturated heterocycles. The first kappa shape index (κ1) is 23.2. The molecule has 0 bridgehead atoms. The summed E-state index contributed by atoms with van der Waals surface area (Å²) < 4.78 is 39.7. The normalized spacial score (nSPS) is 15.6. The largest absolute Gasteiger partial charge is 0.497 e. The number of piperidine rings is 1. The summed E-state index contributed by atoms with van der Waals surface area (Å²) in [6.07, 6.45) is 1.47. The van der Waals surface area contributed by atoms with Crippen molar-refractivity contribution in [1.29, 1.82) is 0 Å². The van der Waals surface area contributed by atoms with Gasteiger partial charge in [0, 0.05) is 40.0 Å². The van der Waals surface area contributed by atoms with E-state index in [2.05, 4.69) is 35.0 Å². The maximum absolute atomic E-state index is 13.3. The molecule has 3 aromatic rings. The lowest BCUT2D eigenvalue weighted by Gasteiger charge is -2.30. The van der Waals surface area contributed by atoms with E-state index in [1.807, 2.05) is 12.1 Å². The third-order valence-electron chi connectivity index (χ3n) is 5.72. The molecule has 1 aliphatic rings. The van der Waals surface area contributed by atoms with Crippen LogP contribution in [0.2, 0.25) is 0 Å². The molecular weight excluding hydrogens is 512 g/mol. The Bertz CT molecular complexity index is 1200. The van der Waals surface area contributed by atoms with Crippen LogP contribution >= 0.6 is 27.3 Å². The Kier molecular flexibility index (Phi) is 6.90. The van der Waals surface area contributed by atoms with Gasteiger partial charge in [0.25, 0.3) is 0 Å². The highest BCUT2D eigenvalue weighted by molar-refractivity contribution is 9.10. The third-order valence-corrected chi connectivity index (χ3v) is 9.30. The van der Waals surface area contributed by atoms with Crippen molar-refractivity contribution in [3.8, 4) is 22.8 Å². The molecule has 0 spiro atoms. The van der Waals surface area contributed by atoms with Crippen LogP contribution in [-0.2, 0) is 10.0 Å². The van der Waals surface area contributed by atoms with Crippen molar-refractivity contribution in [1.82, 2.24) is 9.29 Å². The van der Waals surface area contributed by atoms with Gasteiger partial charge in [-0.3, -0.25) is 0 Å². The van der Waals surface area contributed by atoms with Crippen LogP contribution < -0.4 is 9.47 Å². The fourth-order valence-corrected chi connectivity index (χ4v) is 6.95. The summed E-state index contributed by atoms with van der Waals surface area (Å²) in [6, 6.07) is 13.0. The van der Waals surface area contributed by atoms with Crippen molar-refractivity contribution in [2.75, 3.05) is 27.3 Å². The predicted molar refractivity (Wildman–Crippen MR) is 130 cm³/mol. The second-order valence-corrected chi connectivity index (χ2v) is 11.7. The van der Waals surface area contributed by atoms with E-state index in [-0.39, 0.29) is 10.8 Å². The molecule has 0 saturated carbocycles. The number of ether oxygens (including phenoxy) is 2. The average Bonchev–Trinajstić information content (AvgIpc) is 3.20. The summed E-state index contributed by atoms with van der Waals surface area (Å²) in [5.41, 5.74) is 2.10. The summed E-state index contributed by atoms with van der Waals surface area (Å²) in [5, 5.41) is 1.08. The predicted octanol–water partition coefficient (Wildman–Crippen LogP) is 5.47. The lowest BCUT2D eigenvalue weighted by molar-refractivity contribution is 0.316. The monoisotopic (exact) mass is 536 g/mol. The van der Waals surface area contributed by atoms with Gasteiger partial charge in [-0.05, 0) is 44.0 Å². The van der Waals surface area contributed by atoms with Gasteiger partial charge in [0.05, 0.1) is 24.9 Å². The first-order valence-corrected chi connectivity index (χ1v) is 13.3.